The third-order valence-corrected chi connectivity index (χ3v) is 5.29. The first-order valence-corrected chi connectivity index (χ1v) is 10.1. The van der Waals surface area contributed by atoms with Crippen LogP contribution in [0, 0.1) is 6.92 Å². The lowest BCUT2D eigenvalue weighted by molar-refractivity contribution is 0.242. The van der Waals surface area contributed by atoms with Crippen LogP contribution in [0.25, 0.3) is 0 Å². The molecular weight excluding hydrogens is 364 g/mol. The van der Waals surface area contributed by atoms with Crippen LogP contribution < -0.4 is 9.64 Å². The molecule has 0 amide bonds. The van der Waals surface area contributed by atoms with Crippen molar-refractivity contribution in [3.05, 3.63) is 70.6 Å². The molecule has 6 nitrogen and oxygen atoms in total. The maximum absolute atomic E-state index is 5.89. The number of anilines is 1. The van der Waals surface area contributed by atoms with Gasteiger partial charge in [-0.3, -0.25) is 4.99 Å². The highest BCUT2D eigenvalue weighted by molar-refractivity contribution is 6.15. The molecule has 2 aliphatic rings. The molecule has 4 heterocycles. The number of ether oxygens (including phenoxy) is 1. The Balaban J connectivity index is 1.43. The first-order valence-electron chi connectivity index (χ1n) is 10.1. The van der Waals surface area contributed by atoms with Gasteiger partial charge in [-0.05, 0) is 43.7 Å². The molecule has 0 radical (unpaired) electrons. The van der Waals surface area contributed by atoms with Crippen LogP contribution in [0.3, 0.4) is 0 Å². The van der Waals surface area contributed by atoms with Gasteiger partial charge in [0.25, 0.3) is 0 Å². The average molecular weight is 388 g/mol. The number of fused-ring (bicyclic) bond motifs is 2. The largest absolute Gasteiger partial charge is 0.491 e. The predicted molar refractivity (Wildman–Crippen MR) is 112 cm³/mol. The minimum Gasteiger partial charge on any atom is -0.491 e. The van der Waals surface area contributed by atoms with E-state index in [0.29, 0.717) is 6.54 Å². The van der Waals surface area contributed by atoms with E-state index in [9.17, 15) is 0 Å². The molecule has 0 saturated carbocycles. The average Bonchev–Trinajstić information content (AvgIpc) is 3.29. The van der Waals surface area contributed by atoms with Gasteiger partial charge in [-0.15, -0.1) is 0 Å². The van der Waals surface area contributed by atoms with Crippen LogP contribution in [0.1, 0.15) is 47.9 Å². The van der Waals surface area contributed by atoms with E-state index in [0.717, 1.165) is 65.3 Å². The van der Waals surface area contributed by atoms with Crippen LogP contribution >= 0.6 is 0 Å². The zero-order valence-corrected chi connectivity index (χ0v) is 17.0. The topological polar surface area (TPSA) is 63.8 Å². The van der Waals surface area contributed by atoms with Crippen LogP contribution in [0.5, 0.6) is 5.75 Å². The van der Waals surface area contributed by atoms with Crippen LogP contribution in [-0.4, -0.2) is 28.3 Å². The van der Waals surface area contributed by atoms with E-state index >= 15 is 0 Å². The Bertz CT molecular complexity index is 1100. The third kappa shape index (κ3) is 3.39. The van der Waals surface area contributed by atoms with Gasteiger partial charge in [0.05, 0.1) is 24.9 Å². The third-order valence-electron chi connectivity index (χ3n) is 5.29. The SMILES string of the molecule is Cc1nc2c(o1)CCN(c1cc(C3=NCc4ccc(OC(C)C)cc43)ccn1)C2. The Labute approximate surface area is 170 Å². The Hall–Kier alpha value is -3.15. The van der Waals surface area contributed by atoms with Crippen molar-refractivity contribution in [1.82, 2.24) is 9.97 Å². The molecule has 0 fully saturated rings. The van der Waals surface area contributed by atoms with Crippen molar-refractivity contribution in [3.8, 4) is 5.75 Å². The summed E-state index contributed by atoms with van der Waals surface area (Å²) in [5.41, 5.74) is 5.48. The van der Waals surface area contributed by atoms with Crippen molar-refractivity contribution in [2.45, 2.75) is 46.4 Å². The van der Waals surface area contributed by atoms with Gasteiger partial charge in [0, 0.05) is 37.2 Å². The Morgan fingerprint density at radius 1 is 1.17 bits per heavy atom. The number of rotatable bonds is 4. The van der Waals surface area contributed by atoms with Crippen molar-refractivity contribution in [3.63, 3.8) is 0 Å². The van der Waals surface area contributed by atoms with Crippen LogP contribution in [0.4, 0.5) is 5.82 Å². The molecule has 0 spiro atoms. The molecule has 0 saturated heterocycles. The summed E-state index contributed by atoms with van der Waals surface area (Å²) in [7, 11) is 0. The normalized spacial score (nSPS) is 15.3. The van der Waals surface area contributed by atoms with Gasteiger partial charge >= 0.3 is 0 Å². The van der Waals surface area contributed by atoms with Gasteiger partial charge in [0.1, 0.15) is 23.0 Å². The van der Waals surface area contributed by atoms with Gasteiger partial charge in [-0.2, -0.15) is 0 Å². The number of hydrogen-bond donors (Lipinski definition) is 0. The molecule has 5 rings (SSSR count). The molecule has 0 unspecified atom stereocenters. The quantitative estimate of drug-likeness (QED) is 0.674. The fourth-order valence-electron chi connectivity index (χ4n) is 4.02. The number of pyridine rings is 1. The number of benzene rings is 1. The predicted octanol–water partition coefficient (Wildman–Crippen LogP) is 4.08. The lowest BCUT2D eigenvalue weighted by atomic mass is 10.00. The first kappa shape index (κ1) is 17.9. The lowest BCUT2D eigenvalue weighted by Crippen LogP contribution is -2.30. The summed E-state index contributed by atoms with van der Waals surface area (Å²) in [6.07, 6.45) is 2.86. The second kappa shape index (κ2) is 7.03. The van der Waals surface area contributed by atoms with E-state index in [4.69, 9.17) is 14.1 Å². The monoisotopic (exact) mass is 388 g/mol. The molecule has 0 N–H and O–H groups in total. The van der Waals surface area contributed by atoms with Crippen LogP contribution in [0.15, 0.2) is 45.9 Å². The highest BCUT2D eigenvalue weighted by atomic mass is 16.5. The van der Waals surface area contributed by atoms with Gasteiger partial charge in [0.2, 0.25) is 0 Å². The van der Waals surface area contributed by atoms with E-state index in [-0.39, 0.29) is 6.10 Å². The maximum atomic E-state index is 5.89. The summed E-state index contributed by atoms with van der Waals surface area (Å²) >= 11 is 0. The van der Waals surface area contributed by atoms with E-state index in [1.807, 2.05) is 39.1 Å². The minimum absolute atomic E-state index is 0.145. The molecular formula is C23H24N4O2. The second-order valence-corrected chi connectivity index (χ2v) is 7.83. The fourth-order valence-corrected chi connectivity index (χ4v) is 4.02. The number of aromatic nitrogens is 2. The second-order valence-electron chi connectivity index (χ2n) is 7.83. The molecule has 1 aromatic carbocycles. The standard InChI is InChI=1S/C23H24N4O2/c1-14(2)28-18-5-4-17-12-25-23(19(17)11-18)16-6-8-24-22(10-16)27-9-7-21-20(13-27)26-15(3)29-21/h4-6,8,10-11,14H,7,9,12-13H2,1-3H3. The van der Waals surface area contributed by atoms with Gasteiger partial charge < -0.3 is 14.1 Å². The minimum atomic E-state index is 0.145. The number of oxazole rings is 1. The van der Waals surface area contributed by atoms with Gasteiger partial charge in [0.15, 0.2) is 5.89 Å². The van der Waals surface area contributed by atoms with Crippen LogP contribution in [-0.2, 0) is 19.5 Å². The van der Waals surface area contributed by atoms with Crippen molar-refractivity contribution >= 4 is 11.5 Å². The molecule has 29 heavy (non-hydrogen) atoms. The Morgan fingerprint density at radius 3 is 2.93 bits per heavy atom. The van der Waals surface area contributed by atoms with Crippen molar-refractivity contribution < 1.29 is 9.15 Å². The highest BCUT2D eigenvalue weighted by Crippen LogP contribution is 2.29. The highest BCUT2D eigenvalue weighted by Gasteiger charge is 2.24. The number of hydrogen-bond acceptors (Lipinski definition) is 6. The fraction of sp³-hybridized carbons (Fsp3) is 0.348. The summed E-state index contributed by atoms with van der Waals surface area (Å²) < 4.78 is 11.6. The molecule has 2 aromatic heterocycles. The van der Waals surface area contributed by atoms with Crippen molar-refractivity contribution in [2.75, 3.05) is 11.4 Å². The molecule has 0 aliphatic carbocycles. The van der Waals surface area contributed by atoms with Crippen LogP contribution in [0.2, 0.25) is 0 Å². The van der Waals surface area contributed by atoms with Gasteiger partial charge in [-0.1, -0.05) is 6.07 Å². The molecule has 2 aliphatic heterocycles. The molecule has 0 bridgehead atoms. The summed E-state index contributed by atoms with van der Waals surface area (Å²) in [5.74, 6) is 3.56. The molecule has 148 valence electrons. The summed E-state index contributed by atoms with van der Waals surface area (Å²) in [6.45, 7) is 8.27. The zero-order valence-electron chi connectivity index (χ0n) is 17.0. The lowest BCUT2D eigenvalue weighted by Gasteiger charge is -2.26. The maximum Gasteiger partial charge on any atom is 0.191 e. The van der Waals surface area contributed by atoms with Gasteiger partial charge in [-0.25, -0.2) is 9.97 Å². The van der Waals surface area contributed by atoms with E-state index in [1.165, 1.54) is 5.56 Å². The Kier molecular flexibility index (Phi) is 4.34. The molecule has 6 heteroatoms. The van der Waals surface area contributed by atoms with Crippen molar-refractivity contribution in [1.29, 1.82) is 0 Å². The van der Waals surface area contributed by atoms with Crippen molar-refractivity contribution in [2.24, 2.45) is 4.99 Å². The summed E-state index contributed by atoms with van der Waals surface area (Å²) in [5, 5.41) is 0. The summed E-state index contributed by atoms with van der Waals surface area (Å²) in [6, 6.07) is 10.4. The molecule has 3 aromatic rings. The number of aryl methyl sites for hydroxylation is 1. The number of nitrogens with zero attached hydrogens (tertiary/aromatic N) is 4. The molecule has 0 atom stereocenters. The zero-order chi connectivity index (χ0) is 20.0. The smallest absolute Gasteiger partial charge is 0.191 e. The van der Waals surface area contributed by atoms with E-state index < -0.39 is 0 Å². The van der Waals surface area contributed by atoms with E-state index in [2.05, 4.69) is 33.1 Å². The first-order chi connectivity index (χ1) is 14.1. The Morgan fingerprint density at radius 2 is 2.07 bits per heavy atom. The summed E-state index contributed by atoms with van der Waals surface area (Å²) in [4.78, 5) is 16.2. The van der Waals surface area contributed by atoms with E-state index in [1.54, 1.807) is 0 Å². The number of aliphatic imine (C=N–C) groups is 1.